The van der Waals surface area contributed by atoms with Gasteiger partial charge in [0.05, 0.1) is 5.39 Å². The van der Waals surface area contributed by atoms with E-state index in [2.05, 4.69) is 40.0 Å². The Kier molecular flexibility index (Phi) is 6.98. The van der Waals surface area contributed by atoms with Gasteiger partial charge in [-0.05, 0) is 25.0 Å². The molecular formula is C22H28N4OS. The number of rotatable bonds is 9. The third kappa shape index (κ3) is 4.68. The van der Waals surface area contributed by atoms with Gasteiger partial charge in [-0.25, -0.2) is 9.97 Å². The Bertz CT molecular complexity index is 909. The van der Waals surface area contributed by atoms with Crippen LogP contribution in [0.15, 0.2) is 42.7 Å². The van der Waals surface area contributed by atoms with Crippen LogP contribution < -0.4 is 4.90 Å². The quantitative estimate of drug-likeness (QED) is 0.520. The van der Waals surface area contributed by atoms with E-state index in [4.69, 9.17) is 0 Å². The first-order chi connectivity index (χ1) is 13.6. The van der Waals surface area contributed by atoms with Gasteiger partial charge in [-0.3, -0.25) is 4.79 Å². The van der Waals surface area contributed by atoms with Gasteiger partial charge in [-0.1, -0.05) is 43.7 Å². The van der Waals surface area contributed by atoms with E-state index in [0.29, 0.717) is 13.0 Å². The van der Waals surface area contributed by atoms with Crippen LogP contribution in [0.4, 0.5) is 5.82 Å². The summed E-state index contributed by atoms with van der Waals surface area (Å²) in [4.78, 5) is 27.7. The van der Waals surface area contributed by atoms with Gasteiger partial charge in [0.15, 0.2) is 0 Å². The molecule has 0 aliphatic carbocycles. The number of thiophene rings is 1. The molecule has 2 heterocycles. The van der Waals surface area contributed by atoms with Crippen molar-refractivity contribution in [1.29, 1.82) is 0 Å². The van der Waals surface area contributed by atoms with E-state index in [1.807, 2.05) is 37.1 Å². The summed E-state index contributed by atoms with van der Waals surface area (Å²) < 4.78 is 0. The summed E-state index contributed by atoms with van der Waals surface area (Å²) in [5.74, 6) is 1.09. The molecule has 0 bridgehead atoms. The fourth-order valence-electron chi connectivity index (χ4n) is 3.23. The van der Waals surface area contributed by atoms with Crippen LogP contribution in [0.5, 0.6) is 0 Å². The molecule has 3 aromatic rings. The highest BCUT2D eigenvalue weighted by Crippen LogP contribution is 2.35. The maximum atomic E-state index is 12.5. The number of carbonyl (C=O) groups is 1. The lowest BCUT2D eigenvalue weighted by Crippen LogP contribution is -2.34. The van der Waals surface area contributed by atoms with Gasteiger partial charge in [0.2, 0.25) is 5.91 Å². The minimum atomic E-state index is 0.211. The van der Waals surface area contributed by atoms with Crippen molar-refractivity contribution >= 4 is 33.3 Å². The monoisotopic (exact) mass is 396 g/mol. The summed E-state index contributed by atoms with van der Waals surface area (Å²) >= 11 is 1.67. The molecule has 0 unspecified atom stereocenters. The van der Waals surface area contributed by atoms with E-state index in [1.54, 1.807) is 17.7 Å². The van der Waals surface area contributed by atoms with E-state index in [1.165, 1.54) is 10.4 Å². The zero-order valence-electron chi connectivity index (χ0n) is 16.9. The second-order valence-corrected chi connectivity index (χ2v) is 7.92. The lowest BCUT2D eigenvalue weighted by molar-refractivity contribution is -0.130. The van der Waals surface area contributed by atoms with Gasteiger partial charge in [-0.15, -0.1) is 11.3 Å². The van der Waals surface area contributed by atoms with Crippen LogP contribution in [0.25, 0.3) is 20.7 Å². The largest absolute Gasteiger partial charge is 0.359 e. The molecule has 0 aliphatic heterocycles. The van der Waals surface area contributed by atoms with Crippen molar-refractivity contribution in [3.05, 3.63) is 42.7 Å². The average molecular weight is 397 g/mol. The van der Waals surface area contributed by atoms with Crippen molar-refractivity contribution < 1.29 is 4.79 Å². The number of carbonyl (C=O) groups excluding carboxylic acids is 1. The smallest absolute Gasteiger partial charge is 0.224 e. The summed E-state index contributed by atoms with van der Waals surface area (Å²) in [7, 11) is 2.00. The lowest BCUT2D eigenvalue weighted by Gasteiger charge is -2.23. The highest BCUT2D eigenvalue weighted by molar-refractivity contribution is 7.21. The molecule has 148 valence electrons. The molecule has 0 fully saturated rings. The summed E-state index contributed by atoms with van der Waals surface area (Å²) in [6.45, 7) is 6.45. The van der Waals surface area contributed by atoms with Gasteiger partial charge in [0.1, 0.15) is 17.0 Å². The Labute approximate surface area is 171 Å². The summed E-state index contributed by atoms with van der Waals surface area (Å²) in [5.41, 5.74) is 1.18. The molecule has 6 heteroatoms. The minimum absolute atomic E-state index is 0.211. The molecule has 0 aliphatic rings. The zero-order chi connectivity index (χ0) is 19.9. The van der Waals surface area contributed by atoms with Gasteiger partial charge >= 0.3 is 0 Å². The number of nitrogens with zero attached hydrogens (tertiary/aromatic N) is 4. The molecule has 1 amide bonds. The predicted octanol–water partition coefficient (Wildman–Crippen LogP) is 4.83. The Morgan fingerprint density at radius 3 is 2.61 bits per heavy atom. The molecule has 28 heavy (non-hydrogen) atoms. The zero-order valence-corrected chi connectivity index (χ0v) is 17.7. The van der Waals surface area contributed by atoms with Crippen LogP contribution in [0.2, 0.25) is 0 Å². The topological polar surface area (TPSA) is 49.3 Å². The molecule has 2 aromatic heterocycles. The first-order valence-electron chi connectivity index (χ1n) is 9.92. The second kappa shape index (κ2) is 9.64. The first kappa shape index (κ1) is 20.3. The number of aromatic nitrogens is 2. The Morgan fingerprint density at radius 2 is 1.89 bits per heavy atom. The second-order valence-electron chi connectivity index (χ2n) is 6.89. The van der Waals surface area contributed by atoms with Crippen molar-refractivity contribution in [2.45, 2.75) is 33.1 Å². The van der Waals surface area contributed by atoms with Gasteiger partial charge in [0.25, 0.3) is 0 Å². The van der Waals surface area contributed by atoms with Crippen molar-refractivity contribution in [2.75, 3.05) is 31.6 Å². The molecular weight excluding hydrogens is 368 g/mol. The number of unbranched alkanes of at least 4 members (excludes halogenated alkanes) is 1. The van der Waals surface area contributed by atoms with Crippen LogP contribution in [0, 0.1) is 0 Å². The minimum Gasteiger partial charge on any atom is -0.359 e. The number of benzene rings is 1. The van der Waals surface area contributed by atoms with Crippen LogP contribution >= 0.6 is 11.3 Å². The van der Waals surface area contributed by atoms with Gasteiger partial charge in [0, 0.05) is 38.0 Å². The molecule has 0 saturated carbocycles. The molecule has 0 N–H and O–H groups in total. The molecule has 0 radical (unpaired) electrons. The summed E-state index contributed by atoms with van der Waals surface area (Å²) in [5, 5.41) is 1.04. The van der Waals surface area contributed by atoms with Crippen molar-refractivity contribution in [1.82, 2.24) is 14.9 Å². The average Bonchev–Trinajstić information content (AvgIpc) is 3.17. The third-order valence-corrected chi connectivity index (χ3v) is 6.00. The predicted molar refractivity (Wildman–Crippen MR) is 118 cm³/mol. The normalized spacial score (nSPS) is 11.0. The first-order valence-corrected chi connectivity index (χ1v) is 10.7. The Balaban J connectivity index is 1.74. The lowest BCUT2D eigenvalue weighted by atomic mass is 10.2. The molecule has 3 rings (SSSR count). The van der Waals surface area contributed by atoms with E-state index in [9.17, 15) is 4.79 Å². The number of anilines is 1. The third-order valence-electron chi connectivity index (χ3n) is 4.91. The van der Waals surface area contributed by atoms with Crippen molar-refractivity contribution in [2.24, 2.45) is 0 Å². The van der Waals surface area contributed by atoms with Crippen molar-refractivity contribution in [3.8, 4) is 10.4 Å². The summed E-state index contributed by atoms with van der Waals surface area (Å²) in [6, 6.07) is 12.5. The van der Waals surface area contributed by atoms with E-state index in [0.717, 1.165) is 42.0 Å². The van der Waals surface area contributed by atoms with Crippen LogP contribution in [0.1, 0.15) is 33.1 Å². The molecule has 5 nitrogen and oxygen atoms in total. The Morgan fingerprint density at radius 1 is 1.11 bits per heavy atom. The number of fused-ring (bicyclic) bond motifs is 1. The molecule has 1 aromatic carbocycles. The number of hydrogen-bond acceptors (Lipinski definition) is 5. The van der Waals surface area contributed by atoms with Crippen molar-refractivity contribution in [3.63, 3.8) is 0 Å². The fraction of sp³-hybridized carbons (Fsp3) is 0.409. The molecule has 0 spiro atoms. The highest BCUT2D eigenvalue weighted by atomic mass is 32.1. The van der Waals surface area contributed by atoms with Gasteiger partial charge in [-0.2, -0.15) is 0 Å². The SMILES string of the molecule is CCCCN(CC)C(=O)CCN(C)c1ncnc2sc(-c3ccccc3)cc12. The molecule has 0 atom stereocenters. The Hall–Kier alpha value is -2.47. The summed E-state index contributed by atoms with van der Waals surface area (Å²) in [6.07, 6.45) is 4.26. The fourth-order valence-corrected chi connectivity index (χ4v) is 4.23. The van der Waals surface area contributed by atoms with E-state index in [-0.39, 0.29) is 5.91 Å². The van der Waals surface area contributed by atoms with Crippen LogP contribution in [0.3, 0.4) is 0 Å². The van der Waals surface area contributed by atoms with Crippen LogP contribution in [-0.2, 0) is 4.79 Å². The maximum absolute atomic E-state index is 12.5. The standard InChI is InChI=1S/C22H28N4OS/c1-4-6-13-26(5-2)20(27)12-14-25(3)21-18-15-19(17-10-8-7-9-11-17)28-22(18)24-16-23-21/h7-11,15-16H,4-6,12-14H2,1-3H3. The maximum Gasteiger partial charge on any atom is 0.224 e. The van der Waals surface area contributed by atoms with Gasteiger partial charge < -0.3 is 9.80 Å². The van der Waals surface area contributed by atoms with E-state index < -0.39 is 0 Å². The number of hydrogen-bond donors (Lipinski definition) is 0. The molecule has 0 saturated heterocycles. The van der Waals surface area contributed by atoms with E-state index >= 15 is 0 Å². The van der Waals surface area contributed by atoms with Crippen LogP contribution in [-0.4, -0.2) is 47.5 Å². The highest BCUT2D eigenvalue weighted by Gasteiger charge is 2.16. The number of amides is 1.